The third-order valence-corrected chi connectivity index (χ3v) is 4.99. The predicted octanol–water partition coefficient (Wildman–Crippen LogP) is 2.71. The number of carbonyl (C=O) groups excluding carboxylic acids is 2. The molecule has 0 saturated carbocycles. The van der Waals surface area contributed by atoms with Crippen molar-refractivity contribution in [1.82, 2.24) is 0 Å². The average Bonchev–Trinajstić information content (AvgIpc) is 2.66. The van der Waals surface area contributed by atoms with Crippen LogP contribution in [0.5, 0.6) is 5.75 Å². The van der Waals surface area contributed by atoms with Crippen molar-refractivity contribution in [3.8, 4) is 5.75 Å². The van der Waals surface area contributed by atoms with Crippen LogP contribution in [0, 0.1) is 13.7 Å². The van der Waals surface area contributed by atoms with Gasteiger partial charge in [-0.3, -0.25) is 10.1 Å². The molecule has 30 heavy (non-hydrogen) atoms. The molecular weight excluding hydrogens is 547 g/mol. The maximum atomic E-state index is 13.2. The van der Waals surface area contributed by atoms with Crippen molar-refractivity contribution in [3.05, 3.63) is 67.3 Å². The summed E-state index contributed by atoms with van der Waals surface area (Å²) in [6, 6.07) is 8.73. The Bertz CT molecular complexity index is 1100. The van der Waals surface area contributed by atoms with Crippen LogP contribution in [0.1, 0.15) is 20.7 Å². The van der Waals surface area contributed by atoms with E-state index in [9.17, 15) is 41.5 Å². The van der Waals surface area contributed by atoms with Gasteiger partial charge in [0.05, 0.1) is 10.5 Å². The van der Waals surface area contributed by atoms with Gasteiger partial charge in [0.1, 0.15) is 5.75 Å². The lowest BCUT2D eigenvalue weighted by atomic mass is 10.1. The van der Waals surface area contributed by atoms with E-state index >= 15 is 0 Å². The van der Waals surface area contributed by atoms with Crippen molar-refractivity contribution < 1.29 is 45.7 Å². The van der Waals surface area contributed by atoms with Crippen molar-refractivity contribution in [2.45, 2.75) is 5.25 Å². The summed E-state index contributed by atoms with van der Waals surface area (Å²) in [7, 11) is -6.16. The summed E-state index contributed by atoms with van der Waals surface area (Å²) in [4.78, 5) is 34.7. The monoisotopic (exact) mass is 556 g/mol. The molecule has 0 aromatic heterocycles. The Kier molecular flexibility index (Phi) is 7.04. The summed E-state index contributed by atoms with van der Waals surface area (Å²) in [6.07, 6.45) is 0. The molecule has 14 heteroatoms. The molecule has 0 radical (unpaired) electrons. The summed E-state index contributed by atoms with van der Waals surface area (Å²) in [6.45, 7) is -2.20. The van der Waals surface area contributed by atoms with Crippen LogP contribution in [0.4, 0.5) is 14.5 Å². The van der Waals surface area contributed by atoms with Crippen LogP contribution in [0.3, 0.4) is 0 Å². The third kappa shape index (κ3) is 5.45. The molecule has 2 aromatic carbocycles. The zero-order chi connectivity index (χ0) is 22.7. The van der Waals surface area contributed by atoms with E-state index < -0.39 is 55.7 Å². The van der Waals surface area contributed by atoms with E-state index in [1.54, 1.807) is 12.1 Å². The molecule has 0 spiro atoms. The van der Waals surface area contributed by atoms with E-state index in [1.165, 1.54) is 12.1 Å². The molecule has 0 saturated heterocycles. The largest absolute Gasteiger partial charge is 0.743 e. The summed E-state index contributed by atoms with van der Waals surface area (Å²) < 4.78 is 67.9. The summed E-state index contributed by atoms with van der Waals surface area (Å²) in [5.41, 5.74) is -2.72. The number of halogens is 3. The SMILES string of the molecule is O=C(Oc1ccc(I)cc1)c1cccc([N+](=O)[O-])c1C(=O)OCC(F)(F)S(=O)(=O)[O-]. The van der Waals surface area contributed by atoms with E-state index in [1.807, 2.05) is 22.6 Å². The first kappa shape index (κ1) is 23.6. The molecule has 0 unspecified atom stereocenters. The predicted molar refractivity (Wildman–Crippen MR) is 102 cm³/mol. The number of nitro groups is 1. The number of hydrogen-bond acceptors (Lipinski definition) is 9. The Morgan fingerprint density at radius 2 is 1.70 bits per heavy atom. The Balaban J connectivity index is 2.39. The van der Waals surface area contributed by atoms with Gasteiger partial charge in [0.25, 0.3) is 5.69 Å². The Morgan fingerprint density at radius 1 is 1.10 bits per heavy atom. The van der Waals surface area contributed by atoms with E-state index in [2.05, 4.69) is 4.74 Å². The topological polar surface area (TPSA) is 153 Å². The maximum Gasteiger partial charge on any atom is 0.367 e. The number of nitrogens with zero attached hydrogens (tertiary/aromatic N) is 1. The fourth-order valence-corrected chi connectivity index (χ4v) is 2.60. The number of hydrogen-bond donors (Lipinski definition) is 0. The van der Waals surface area contributed by atoms with Crippen molar-refractivity contribution in [1.29, 1.82) is 0 Å². The second-order valence-corrected chi connectivity index (χ2v) is 8.22. The van der Waals surface area contributed by atoms with Crippen LogP contribution in [0.25, 0.3) is 0 Å². The van der Waals surface area contributed by atoms with Crippen LogP contribution < -0.4 is 4.74 Å². The molecule has 0 bridgehead atoms. The molecule has 2 aromatic rings. The van der Waals surface area contributed by atoms with Gasteiger partial charge in [0.2, 0.25) is 0 Å². The van der Waals surface area contributed by atoms with Gasteiger partial charge in [-0.1, -0.05) is 6.07 Å². The lowest BCUT2D eigenvalue weighted by Crippen LogP contribution is -2.35. The lowest BCUT2D eigenvalue weighted by Gasteiger charge is -2.19. The number of nitro benzene ring substituents is 1. The molecule has 0 amide bonds. The second-order valence-electron chi connectivity index (χ2n) is 5.47. The molecule has 160 valence electrons. The number of benzene rings is 2. The number of esters is 2. The van der Waals surface area contributed by atoms with Gasteiger partial charge in [-0.05, 0) is 52.9 Å². The molecule has 0 aliphatic carbocycles. The van der Waals surface area contributed by atoms with Crippen molar-refractivity contribution in [2.75, 3.05) is 6.61 Å². The van der Waals surface area contributed by atoms with E-state index in [-0.39, 0.29) is 5.75 Å². The molecule has 10 nitrogen and oxygen atoms in total. The Morgan fingerprint density at radius 3 is 2.23 bits per heavy atom. The Labute approximate surface area is 180 Å². The average molecular weight is 556 g/mol. The van der Waals surface area contributed by atoms with Gasteiger partial charge in [0, 0.05) is 9.64 Å². The van der Waals surface area contributed by atoms with Gasteiger partial charge in [-0.2, -0.15) is 8.78 Å². The highest BCUT2D eigenvalue weighted by atomic mass is 127. The number of alkyl halides is 2. The normalized spacial score (nSPS) is 11.6. The summed E-state index contributed by atoms with van der Waals surface area (Å²) in [5.74, 6) is -3.04. The molecule has 0 aliphatic heterocycles. The highest BCUT2D eigenvalue weighted by molar-refractivity contribution is 14.1. The molecule has 2 rings (SSSR count). The van der Waals surface area contributed by atoms with Crippen LogP contribution in [-0.2, 0) is 14.9 Å². The smallest absolute Gasteiger partial charge is 0.367 e. The molecule has 0 fully saturated rings. The van der Waals surface area contributed by atoms with Crippen LogP contribution in [0.2, 0.25) is 0 Å². The molecule has 0 aliphatic rings. The van der Waals surface area contributed by atoms with Crippen LogP contribution in [0.15, 0.2) is 42.5 Å². The standard InChI is InChI=1S/C16H10F2INO9S/c17-16(18,30(25,26)27)8-28-15(22)13-11(2-1-3-12(13)20(23)24)14(21)29-10-6-4-9(19)5-7-10/h1-7H,8H2,(H,25,26,27)/p-1. The fraction of sp³-hybridized carbons (Fsp3) is 0.125. The van der Waals surface area contributed by atoms with Crippen LogP contribution >= 0.6 is 22.6 Å². The van der Waals surface area contributed by atoms with Gasteiger partial charge in [-0.25, -0.2) is 18.0 Å². The van der Waals surface area contributed by atoms with Gasteiger partial charge in [0.15, 0.2) is 22.3 Å². The lowest BCUT2D eigenvalue weighted by molar-refractivity contribution is -0.385. The molecule has 0 N–H and O–H groups in total. The minimum atomic E-state index is -6.16. The minimum Gasteiger partial charge on any atom is -0.743 e. The summed E-state index contributed by atoms with van der Waals surface area (Å²) >= 11 is 1.99. The zero-order valence-corrected chi connectivity index (χ0v) is 17.4. The molecule has 0 heterocycles. The van der Waals surface area contributed by atoms with Crippen molar-refractivity contribution >= 4 is 50.3 Å². The van der Waals surface area contributed by atoms with Gasteiger partial charge >= 0.3 is 17.2 Å². The minimum absolute atomic E-state index is 0.0234. The first-order valence-electron chi connectivity index (χ1n) is 7.59. The van der Waals surface area contributed by atoms with Gasteiger partial charge < -0.3 is 14.0 Å². The highest BCUT2D eigenvalue weighted by Gasteiger charge is 2.40. The Hall–Kier alpha value is -2.72. The van der Waals surface area contributed by atoms with Gasteiger partial charge in [-0.15, -0.1) is 0 Å². The molecular formula is C16H9F2INO9S-. The second kappa shape index (κ2) is 8.97. The van der Waals surface area contributed by atoms with Crippen molar-refractivity contribution in [2.24, 2.45) is 0 Å². The summed E-state index contributed by atoms with van der Waals surface area (Å²) in [5, 5.41) is 6.23. The fourth-order valence-electron chi connectivity index (χ4n) is 2.04. The maximum absolute atomic E-state index is 13.2. The first-order chi connectivity index (χ1) is 13.8. The third-order valence-electron chi connectivity index (χ3n) is 3.42. The number of carbonyl (C=O) groups is 2. The first-order valence-corrected chi connectivity index (χ1v) is 10.1. The number of ether oxygens (including phenoxy) is 2. The number of rotatable bonds is 7. The quantitative estimate of drug-likeness (QED) is 0.125. The van der Waals surface area contributed by atoms with Crippen LogP contribution in [-0.4, -0.2) is 41.7 Å². The van der Waals surface area contributed by atoms with E-state index in [4.69, 9.17) is 4.74 Å². The van der Waals surface area contributed by atoms with E-state index in [0.29, 0.717) is 0 Å². The zero-order valence-electron chi connectivity index (χ0n) is 14.4. The molecule has 0 atom stereocenters. The highest BCUT2D eigenvalue weighted by Crippen LogP contribution is 2.27. The van der Waals surface area contributed by atoms with E-state index in [0.717, 1.165) is 21.8 Å². The van der Waals surface area contributed by atoms with Crippen molar-refractivity contribution in [3.63, 3.8) is 0 Å².